The summed E-state index contributed by atoms with van der Waals surface area (Å²) in [6, 6.07) is 2.23. The lowest BCUT2D eigenvalue weighted by Crippen LogP contribution is -1.96. The summed E-state index contributed by atoms with van der Waals surface area (Å²) < 4.78 is 2.13. The van der Waals surface area contributed by atoms with Gasteiger partial charge in [0.25, 0.3) is 0 Å². The first-order chi connectivity index (χ1) is 6.38. The van der Waals surface area contributed by atoms with Crippen molar-refractivity contribution in [1.82, 2.24) is 9.78 Å². The number of rotatable bonds is 2. The zero-order valence-corrected chi connectivity index (χ0v) is 7.61. The van der Waals surface area contributed by atoms with Gasteiger partial charge < -0.3 is 5.11 Å². The summed E-state index contributed by atoms with van der Waals surface area (Å²) in [5, 5.41) is 13.5. The smallest absolute Gasteiger partial charge is 0.0662 e. The Morgan fingerprint density at radius 2 is 2.54 bits per heavy atom. The summed E-state index contributed by atoms with van der Waals surface area (Å²) >= 11 is 0. The van der Waals surface area contributed by atoms with Gasteiger partial charge in [-0.1, -0.05) is 0 Å². The van der Waals surface area contributed by atoms with Crippen molar-refractivity contribution in [2.45, 2.75) is 31.7 Å². The Balaban J connectivity index is 1.84. The molecule has 2 unspecified atom stereocenters. The number of hydrogen-bond donors (Lipinski definition) is 1. The molecule has 1 saturated carbocycles. The summed E-state index contributed by atoms with van der Waals surface area (Å²) in [4.78, 5) is 0. The molecule has 1 N–H and O–H groups in total. The number of aliphatic hydroxyl groups is 1. The zero-order chi connectivity index (χ0) is 8.84. The highest BCUT2D eigenvalue weighted by atomic mass is 16.3. The number of hydrogen-bond acceptors (Lipinski definition) is 2. The summed E-state index contributed by atoms with van der Waals surface area (Å²) in [5.74, 6) is 1.05. The molecule has 2 aliphatic rings. The number of fused-ring (bicyclic) bond motifs is 1. The highest BCUT2D eigenvalue weighted by molar-refractivity contribution is 5.22. The van der Waals surface area contributed by atoms with Crippen molar-refractivity contribution >= 4 is 0 Å². The van der Waals surface area contributed by atoms with E-state index in [-0.39, 0.29) is 0 Å². The molecule has 0 amide bonds. The lowest BCUT2D eigenvalue weighted by Gasteiger charge is -1.93. The predicted octanol–water partition coefficient (Wildman–Crippen LogP) is 0.925. The molecule has 0 saturated heterocycles. The molecule has 1 aliphatic carbocycles. The quantitative estimate of drug-likeness (QED) is 0.731. The maximum Gasteiger partial charge on any atom is 0.0662 e. The fourth-order valence-electron chi connectivity index (χ4n) is 2.28. The Morgan fingerprint density at radius 3 is 3.23 bits per heavy atom. The molecule has 0 aromatic carbocycles. The van der Waals surface area contributed by atoms with Crippen molar-refractivity contribution in [2.24, 2.45) is 5.92 Å². The van der Waals surface area contributed by atoms with Crippen LogP contribution in [-0.2, 0) is 13.0 Å². The Morgan fingerprint density at radius 1 is 1.62 bits per heavy atom. The molecule has 0 radical (unpaired) electrons. The number of aromatic nitrogens is 2. The second-order valence-electron chi connectivity index (χ2n) is 4.17. The average Bonchev–Trinajstić information content (AvgIpc) is 2.60. The van der Waals surface area contributed by atoms with Crippen LogP contribution in [0.2, 0.25) is 0 Å². The highest BCUT2D eigenvalue weighted by Crippen LogP contribution is 2.46. The third-order valence-electron chi connectivity index (χ3n) is 3.22. The highest BCUT2D eigenvalue weighted by Gasteiger charge is 2.39. The van der Waals surface area contributed by atoms with Crippen LogP contribution in [-0.4, -0.2) is 21.5 Å². The van der Waals surface area contributed by atoms with Crippen LogP contribution in [0.4, 0.5) is 0 Å². The molecule has 0 bridgehead atoms. The first-order valence-corrected chi connectivity index (χ1v) is 5.06. The summed E-state index contributed by atoms with van der Waals surface area (Å²) in [6.45, 7) is 1.42. The van der Waals surface area contributed by atoms with Gasteiger partial charge in [-0.2, -0.15) is 5.10 Å². The number of aryl methyl sites for hydroxylation is 2. The van der Waals surface area contributed by atoms with Gasteiger partial charge in [-0.05, 0) is 31.2 Å². The third kappa shape index (κ3) is 1.10. The topological polar surface area (TPSA) is 38.0 Å². The van der Waals surface area contributed by atoms with E-state index >= 15 is 0 Å². The van der Waals surface area contributed by atoms with E-state index in [0.29, 0.717) is 18.4 Å². The van der Waals surface area contributed by atoms with E-state index in [4.69, 9.17) is 5.11 Å². The summed E-state index contributed by atoms with van der Waals surface area (Å²) in [6.07, 6.45) is 3.56. The molecule has 1 aromatic rings. The van der Waals surface area contributed by atoms with Gasteiger partial charge in [0, 0.05) is 24.8 Å². The fraction of sp³-hybridized carbons (Fsp3) is 0.700. The molecule has 3 nitrogen and oxygen atoms in total. The fourth-order valence-corrected chi connectivity index (χ4v) is 2.28. The van der Waals surface area contributed by atoms with Crippen molar-refractivity contribution in [3.05, 3.63) is 17.5 Å². The molecular weight excluding hydrogens is 164 g/mol. The van der Waals surface area contributed by atoms with Crippen LogP contribution in [0.5, 0.6) is 0 Å². The van der Waals surface area contributed by atoms with Crippen molar-refractivity contribution in [1.29, 1.82) is 0 Å². The second-order valence-corrected chi connectivity index (χ2v) is 4.17. The van der Waals surface area contributed by atoms with E-state index in [1.165, 1.54) is 24.2 Å². The van der Waals surface area contributed by atoms with Crippen LogP contribution in [0.1, 0.15) is 30.1 Å². The molecule has 1 aromatic heterocycles. The molecule has 70 valence electrons. The standard InChI is InChI=1S/C10H14N2O/c13-6-7-4-9(7)10-5-8-2-1-3-12(8)11-10/h5,7,9,13H,1-4,6H2. The Kier molecular flexibility index (Phi) is 1.50. The Bertz CT molecular complexity index is 310. The van der Waals surface area contributed by atoms with Gasteiger partial charge in [0.05, 0.1) is 5.69 Å². The van der Waals surface area contributed by atoms with E-state index in [1.54, 1.807) is 0 Å². The minimum absolute atomic E-state index is 0.326. The van der Waals surface area contributed by atoms with E-state index in [9.17, 15) is 0 Å². The van der Waals surface area contributed by atoms with Crippen LogP contribution >= 0.6 is 0 Å². The van der Waals surface area contributed by atoms with E-state index in [1.807, 2.05) is 0 Å². The molecule has 3 rings (SSSR count). The van der Waals surface area contributed by atoms with Crippen LogP contribution in [0, 0.1) is 5.92 Å². The first kappa shape index (κ1) is 7.56. The molecular formula is C10H14N2O. The minimum atomic E-state index is 0.326. The van der Waals surface area contributed by atoms with Crippen LogP contribution in [0.15, 0.2) is 6.07 Å². The van der Waals surface area contributed by atoms with Gasteiger partial charge in [-0.15, -0.1) is 0 Å². The Labute approximate surface area is 77.4 Å². The van der Waals surface area contributed by atoms with E-state index < -0.39 is 0 Å². The van der Waals surface area contributed by atoms with Gasteiger partial charge in [0.1, 0.15) is 0 Å². The summed E-state index contributed by atoms with van der Waals surface area (Å²) in [5.41, 5.74) is 2.60. The molecule has 3 heteroatoms. The number of aliphatic hydroxyl groups excluding tert-OH is 1. The van der Waals surface area contributed by atoms with Crippen molar-refractivity contribution < 1.29 is 5.11 Å². The van der Waals surface area contributed by atoms with Crippen LogP contribution < -0.4 is 0 Å². The maximum absolute atomic E-state index is 8.95. The van der Waals surface area contributed by atoms with Gasteiger partial charge in [-0.3, -0.25) is 4.68 Å². The monoisotopic (exact) mass is 178 g/mol. The summed E-state index contributed by atoms with van der Waals surface area (Å²) in [7, 11) is 0. The molecule has 2 atom stereocenters. The molecule has 0 spiro atoms. The average molecular weight is 178 g/mol. The van der Waals surface area contributed by atoms with Crippen LogP contribution in [0.3, 0.4) is 0 Å². The minimum Gasteiger partial charge on any atom is -0.396 e. The molecule has 1 fully saturated rings. The normalized spacial score (nSPS) is 30.5. The first-order valence-electron chi connectivity index (χ1n) is 5.06. The SMILES string of the molecule is OCC1CC1c1cc2n(n1)CCC2. The van der Waals surface area contributed by atoms with Crippen molar-refractivity contribution in [2.75, 3.05) is 6.61 Å². The largest absolute Gasteiger partial charge is 0.396 e. The molecule has 13 heavy (non-hydrogen) atoms. The van der Waals surface area contributed by atoms with Gasteiger partial charge in [-0.25, -0.2) is 0 Å². The van der Waals surface area contributed by atoms with Gasteiger partial charge in [0.2, 0.25) is 0 Å². The number of nitrogens with zero attached hydrogens (tertiary/aromatic N) is 2. The Hall–Kier alpha value is -0.830. The lowest BCUT2D eigenvalue weighted by molar-refractivity contribution is 0.273. The zero-order valence-electron chi connectivity index (χ0n) is 7.61. The molecule has 2 heterocycles. The third-order valence-corrected chi connectivity index (χ3v) is 3.22. The second kappa shape index (κ2) is 2.58. The molecule has 1 aliphatic heterocycles. The van der Waals surface area contributed by atoms with E-state index in [0.717, 1.165) is 13.0 Å². The van der Waals surface area contributed by atoms with Crippen molar-refractivity contribution in [3.63, 3.8) is 0 Å². The van der Waals surface area contributed by atoms with Crippen LogP contribution in [0.25, 0.3) is 0 Å². The van der Waals surface area contributed by atoms with Crippen molar-refractivity contribution in [3.8, 4) is 0 Å². The van der Waals surface area contributed by atoms with Gasteiger partial charge >= 0.3 is 0 Å². The lowest BCUT2D eigenvalue weighted by atomic mass is 10.2. The predicted molar refractivity (Wildman–Crippen MR) is 48.5 cm³/mol. The van der Waals surface area contributed by atoms with Gasteiger partial charge in [0.15, 0.2) is 0 Å². The van der Waals surface area contributed by atoms with E-state index in [2.05, 4.69) is 15.8 Å². The maximum atomic E-state index is 8.95.